The molecular weight excluding hydrogens is 458 g/mol. The van der Waals surface area contributed by atoms with Gasteiger partial charge in [-0.2, -0.15) is 0 Å². The Balaban J connectivity index is 1.55. The normalized spacial score (nSPS) is 14.6. The molecule has 3 heterocycles. The Morgan fingerprint density at radius 2 is 1.77 bits per heavy atom. The minimum absolute atomic E-state index is 0.223. The van der Waals surface area contributed by atoms with E-state index in [9.17, 15) is 0 Å². The molecule has 7 nitrogen and oxygen atoms in total. The second-order valence-electron chi connectivity index (χ2n) is 8.98. The second kappa shape index (κ2) is 8.37. The molecule has 0 radical (unpaired) electrons. The smallest absolute Gasteiger partial charge is 0.165 e. The van der Waals surface area contributed by atoms with Gasteiger partial charge in [0.1, 0.15) is 11.3 Å². The molecule has 5 aromatic rings. The third-order valence-corrected chi connectivity index (χ3v) is 7.02. The number of rotatable bonds is 5. The molecule has 0 bridgehead atoms. The third-order valence-electron chi connectivity index (χ3n) is 6.80. The van der Waals surface area contributed by atoms with E-state index in [4.69, 9.17) is 33.2 Å². The summed E-state index contributed by atoms with van der Waals surface area (Å²) < 4.78 is 2.03. The van der Waals surface area contributed by atoms with E-state index in [0.717, 1.165) is 57.8 Å². The van der Waals surface area contributed by atoms with E-state index in [1.807, 2.05) is 53.1 Å². The molecule has 174 valence electrons. The highest BCUT2D eigenvalue weighted by Gasteiger charge is 2.34. The van der Waals surface area contributed by atoms with Gasteiger partial charge in [-0.1, -0.05) is 24.3 Å². The Morgan fingerprint density at radius 1 is 0.943 bits per heavy atom. The van der Waals surface area contributed by atoms with E-state index in [-0.39, 0.29) is 5.54 Å². The molecule has 2 aromatic carbocycles. The number of hydrogen-bond acceptors (Lipinski definition) is 6. The van der Waals surface area contributed by atoms with Crippen LogP contribution in [0, 0.1) is 0 Å². The molecule has 0 amide bonds. The van der Waals surface area contributed by atoms with Crippen LogP contribution in [0.2, 0.25) is 0 Å². The summed E-state index contributed by atoms with van der Waals surface area (Å²) in [5, 5.41) is 0. The van der Waals surface area contributed by atoms with Crippen LogP contribution >= 0.6 is 11.8 Å². The van der Waals surface area contributed by atoms with Gasteiger partial charge >= 0.3 is 0 Å². The number of benzene rings is 2. The first-order valence-corrected chi connectivity index (χ1v) is 11.9. The summed E-state index contributed by atoms with van der Waals surface area (Å²) in [7, 11) is 0. The van der Waals surface area contributed by atoms with Crippen molar-refractivity contribution in [1.29, 1.82) is 0 Å². The predicted octanol–water partition coefficient (Wildman–Crippen LogP) is 5.64. The van der Waals surface area contributed by atoms with Gasteiger partial charge in [0.25, 0.3) is 0 Å². The maximum absolute atomic E-state index is 6.56. The molecule has 1 saturated carbocycles. The minimum Gasteiger partial charge on any atom is -0.383 e. The quantitative estimate of drug-likeness (QED) is 0.280. The van der Waals surface area contributed by atoms with Crippen molar-refractivity contribution in [3.8, 4) is 28.3 Å². The Hall–Kier alpha value is -3.94. The van der Waals surface area contributed by atoms with Gasteiger partial charge in [0.05, 0.1) is 11.3 Å². The summed E-state index contributed by atoms with van der Waals surface area (Å²) in [6, 6.07) is 23.9. The summed E-state index contributed by atoms with van der Waals surface area (Å²) in [5.74, 6) is 1.10. The number of nitrogens with one attached hydrogen (secondary N) is 1. The number of halogens is 1. The third kappa shape index (κ3) is 3.69. The van der Waals surface area contributed by atoms with Crippen molar-refractivity contribution in [1.82, 2.24) is 19.5 Å². The van der Waals surface area contributed by atoms with Crippen LogP contribution in [0.15, 0.2) is 79.0 Å². The minimum atomic E-state index is -0.223. The number of imidazole rings is 1. The van der Waals surface area contributed by atoms with Crippen LogP contribution < -0.4 is 16.3 Å². The summed E-state index contributed by atoms with van der Waals surface area (Å²) in [6.07, 6.45) is 4.87. The van der Waals surface area contributed by atoms with Crippen LogP contribution in [0.25, 0.3) is 39.5 Å². The van der Waals surface area contributed by atoms with Gasteiger partial charge in [-0.15, -0.1) is 0 Å². The number of anilines is 2. The lowest BCUT2D eigenvalue weighted by Gasteiger charge is -2.38. The number of aromatic nitrogens is 4. The molecule has 0 saturated heterocycles. The highest BCUT2D eigenvalue weighted by atomic mass is 35.5. The molecule has 1 fully saturated rings. The molecule has 1 aliphatic rings. The van der Waals surface area contributed by atoms with Gasteiger partial charge in [-0.05, 0) is 73.4 Å². The molecule has 3 aromatic heterocycles. The molecule has 0 atom stereocenters. The first-order valence-electron chi connectivity index (χ1n) is 11.5. The summed E-state index contributed by atoms with van der Waals surface area (Å²) in [5.41, 5.74) is 19.5. The highest BCUT2D eigenvalue weighted by Crippen LogP contribution is 2.39. The van der Waals surface area contributed by atoms with Crippen LogP contribution in [0.1, 0.15) is 24.8 Å². The lowest BCUT2D eigenvalue weighted by molar-refractivity contribution is 0.253. The van der Waals surface area contributed by atoms with E-state index >= 15 is 0 Å². The average Bonchev–Trinajstić information content (AvgIpc) is 3.26. The van der Waals surface area contributed by atoms with Crippen LogP contribution in [-0.2, 0) is 5.54 Å². The zero-order valence-electron chi connectivity index (χ0n) is 18.9. The number of nitrogens with two attached hydrogens (primary N) is 2. The fourth-order valence-electron chi connectivity index (χ4n) is 4.68. The van der Waals surface area contributed by atoms with E-state index in [1.54, 1.807) is 6.20 Å². The van der Waals surface area contributed by atoms with Gasteiger partial charge < -0.3 is 11.5 Å². The Labute approximate surface area is 207 Å². The van der Waals surface area contributed by atoms with Gasteiger partial charge in [0.15, 0.2) is 11.5 Å². The van der Waals surface area contributed by atoms with Crippen LogP contribution in [-0.4, -0.2) is 19.5 Å². The fourth-order valence-corrected chi connectivity index (χ4v) is 4.79. The molecule has 0 spiro atoms. The number of nitrogens with zero attached hydrogens (tertiary/aromatic N) is 4. The molecule has 0 unspecified atom stereocenters. The maximum atomic E-state index is 6.56. The Kier molecular flexibility index (Phi) is 5.16. The van der Waals surface area contributed by atoms with Crippen molar-refractivity contribution >= 4 is 34.4 Å². The monoisotopic (exact) mass is 481 g/mol. The van der Waals surface area contributed by atoms with Crippen molar-refractivity contribution in [3.63, 3.8) is 0 Å². The summed E-state index contributed by atoms with van der Waals surface area (Å²) >= 11 is 5.82. The predicted molar refractivity (Wildman–Crippen MR) is 141 cm³/mol. The first-order chi connectivity index (χ1) is 17.1. The average molecular weight is 482 g/mol. The van der Waals surface area contributed by atoms with Crippen molar-refractivity contribution in [3.05, 3.63) is 84.6 Å². The van der Waals surface area contributed by atoms with Gasteiger partial charge in [0.2, 0.25) is 0 Å². The van der Waals surface area contributed by atoms with E-state index in [1.165, 1.54) is 6.42 Å². The molecule has 35 heavy (non-hydrogen) atoms. The maximum Gasteiger partial charge on any atom is 0.165 e. The van der Waals surface area contributed by atoms with Crippen LogP contribution in [0.3, 0.4) is 0 Å². The largest absolute Gasteiger partial charge is 0.383 e. The van der Waals surface area contributed by atoms with Gasteiger partial charge in [0, 0.05) is 40.5 Å². The standard InChI is InChI=1S/C27H24ClN7/c28-34-19-5-1-4-17(16-19)22-11-12-23-26(32-22)35(25(33-23)21-6-2-15-31-24(21)29)20-9-7-18(8-10-20)27(30)13-3-14-27/h1-2,4-12,15-16,34H,3,13-14,30H2,(H2,29,31). The van der Waals surface area contributed by atoms with E-state index in [2.05, 4.69) is 34.1 Å². The molecule has 0 aliphatic heterocycles. The zero-order valence-corrected chi connectivity index (χ0v) is 19.7. The lowest BCUT2D eigenvalue weighted by atomic mass is 9.73. The zero-order chi connectivity index (χ0) is 24.0. The highest BCUT2D eigenvalue weighted by molar-refractivity contribution is 6.24. The number of pyridine rings is 2. The second-order valence-corrected chi connectivity index (χ2v) is 9.17. The topological polar surface area (TPSA) is 108 Å². The molecular formula is C27H24ClN7. The summed E-state index contributed by atoms with van der Waals surface area (Å²) in [6.45, 7) is 0. The van der Waals surface area contributed by atoms with Crippen molar-refractivity contribution < 1.29 is 0 Å². The summed E-state index contributed by atoms with van der Waals surface area (Å²) in [4.78, 5) is 16.9. The molecule has 5 N–H and O–H groups in total. The lowest BCUT2D eigenvalue weighted by Crippen LogP contribution is -2.43. The SMILES string of the molecule is Nc1ncccc1-c1nc2ccc(-c3cccc(NCl)c3)nc2n1-c1ccc(C2(N)CCC2)cc1. The van der Waals surface area contributed by atoms with E-state index < -0.39 is 0 Å². The van der Waals surface area contributed by atoms with Crippen molar-refractivity contribution in [2.24, 2.45) is 5.73 Å². The van der Waals surface area contributed by atoms with Crippen LogP contribution in [0.5, 0.6) is 0 Å². The number of nitrogen functional groups attached to an aromatic ring is 1. The van der Waals surface area contributed by atoms with Crippen molar-refractivity contribution in [2.75, 3.05) is 10.6 Å². The fraction of sp³-hybridized carbons (Fsp3) is 0.148. The molecule has 6 rings (SSSR count). The number of fused-ring (bicyclic) bond motifs is 1. The van der Waals surface area contributed by atoms with Crippen LogP contribution in [0.4, 0.5) is 11.5 Å². The Bertz CT molecular complexity index is 1540. The number of hydrogen-bond donors (Lipinski definition) is 3. The van der Waals surface area contributed by atoms with Gasteiger partial charge in [-0.25, -0.2) is 15.0 Å². The molecule has 1 aliphatic carbocycles. The Morgan fingerprint density at radius 3 is 2.49 bits per heavy atom. The first kappa shape index (κ1) is 21.6. The van der Waals surface area contributed by atoms with Gasteiger partial charge in [-0.3, -0.25) is 9.40 Å². The molecule has 8 heteroatoms. The van der Waals surface area contributed by atoms with E-state index in [0.29, 0.717) is 11.6 Å². The van der Waals surface area contributed by atoms with Crippen molar-refractivity contribution in [2.45, 2.75) is 24.8 Å².